The molecule has 2 heterocycles. The van der Waals surface area contributed by atoms with Crippen molar-refractivity contribution in [1.29, 1.82) is 0 Å². The van der Waals surface area contributed by atoms with E-state index in [9.17, 15) is 4.79 Å². The molecular weight excluding hydrogens is 272 g/mol. The zero-order valence-electron chi connectivity index (χ0n) is 11.2. The third-order valence-corrected chi connectivity index (χ3v) is 3.82. The van der Waals surface area contributed by atoms with Gasteiger partial charge < -0.3 is 5.32 Å². The second kappa shape index (κ2) is 5.05. The second-order valence-electron chi connectivity index (χ2n) is 4.79. The third kappa shape index (κ3) is 2.55. The molecule has 0 saturated carbocycles. The zero-order valence-corrected chi connectivity index (χ0v) is 12.0. The normalized spacial score (nSPS) is 11.2. The molecule has 0 aliphatic rings. The molecule has 6 heteroatoms. The van der Waals surface area contributed by atoms with Crippen molar-refractivity contribution in [3.05, 3.63) is 46.4 Å². The summed E-state index contributed by atoms with van der Waals surface area (Å²) in [5, 5.41) is 3.79. The van der Waals surface area contributed by atoms with Crippen LogP contribution in [-0.2, 0) is 0 Å². The smallest absolute Gasteiger partial charge is 0.252 e. The number of nitrogens with zero attached hydrogens (tertiary/aromatic N) is 2. The number of aromatic nitrogens is 3. The number of hydrogen-bond donors (Lipinski definition) is 2. The molecule has 0 bridgehead atoms. The van der Waals surface area contributed by atoms with E-state index < -0.39 is 0 Å². The van der Waals surface area contributed by atoms with Gasteiger partial charge in [0.05, 0.1) is 15.9 Å². The largest absolute Gasteiger partial charge is 0.302 e. The van der Waals surface area contributed by atoms with Gasteiger partial charge in [-0.05, 0) is 18.1 Å². The summed E-state index contributed by atoms with van der Waals surface area (Å²) in [6.07, 6.45) is 0. The first-order chi connectivity index (χ1) is 9.61. The van der Waals surface area contributed by atoms with Gasteiger partial charge in [-0.1, -0.05) is 37.3 Å². The molecule has 3 aromatic rings. The van der Waals surface area contributed by atoms with Gasteiger partial charge in [-0.25, -0.2) is 9.97 Å². The summed E-state index contributed by atoms with van der Waals surface area (Å²) in [6, 6.07) is 9.42. The van der Waals surface area contributed by atoms with Gasteiger partial charge in [-0.2, -0.15) is 0 Å². The Morgan fingerprint density at radius 3 is 2.80 bits per heavy atom. The molecule has 0 spiro atoms. The minimum Gasteiger partial charge on any atom is -0.302 e. The summed E-state index contributed by atoms with van der Waals surface area (Å²) in [5.41, 5.74) is 1.53. The van der Waals surface area contributed by atoms with E-state index in [1.54, 1.807) is 0 Å². The monoisotopic (exact) mass is 286 g/mol. The number of anilines is 2. The number of thiazole rings is 1. The second-order valence-corrected chi connectivity index (χ2v) is 5.82. The summed E-state index contributed by atoms with van der Waals surface area (Å²) >= 11 is 1.53. The van der Waals surface area contributed by atoms with Crippen LogP contribution < -0.4 is 10.9 Å². The van der Waals surface area contributed by atoms with Crippen molar-refractivity contribution in [3.63, 3.8) is 0 Å². The molecule has 20 heavy (non-hydrogen) atoms. The van der Waals surface area contributed by atoms with E-state index in [2.05, 4.69) is 20.3 Å². The molecule has 2 N–H and O–H groups in total. The van der Waals surface area contributed by atoms with E-state index in [0.717, 1.165) is 21.0 Å². The van der Waals surface area contributed by atoms with E-state index in [1.807, 2.05) is 38.1 Å². The first-order valence-corrected chi connectivity index (χ1v) is 7.17. The van der Waals surface area contributed by atoms with Crippen LogP contribution in [0, 0.1) is 0 Å². The van der Waals surface area contributed by atoms with Crippen LogP contribution in [0.15, 0.2) is 35.1 Å². The molecule has 3 rings (SSSR count). The standard InChI is InChI=1S/C14H14N4OS/c1-8(2)10-7-12(19)17-13(15-10)18-14-16-9-5-3-4-6-11(9)20-14/h3-8H,1-2H3,(H2,15,16,17,18,19). The van der Waals surface area contributed by atoms with Crippen molar-refractivity contribution in [2.24, 2.45) is 0 Å². The van der Waals surface area contributed by atoms with Crippen LogP contribution in [-0.4, -0.2) is 15.0 Å². The number of para-hydroxylation sites is 1. The summed E-state index contributed by atoms with van der Waals surface area (Å²) in [4.78, 5) is 23.2. The average Bonchev–Trinajstić information content (AvgIpc) is 2.79. The van der Waals surface area contributed by atoms with Crippen molar-refractivity contribution in [3.8, 4) is 0 Å². The van der Waals surface area contributed by atoms with Crippen molar-refractivity contribution >= 4 is 32.6 Å². The van der Waals surface area contributed by atoms with Crippen LogP contribution in [0.2, 0.25) is 0 Å². The fourth-order valence-corrected chi connectivity index (χ4v) is 2.72. The maximum absolute atomic E-state index is 11.6. The summed E-state index contributed by atoms with van der Waals surface area (Å²) < 4.78 is 1.09. The van der Waals surface area contributed by atoms with E-state index in [0.29, 0.717) is 5.95 Å². The van der Waals surface area contributed by atoms with Crippen LogP contribution in [0.3, 0.4) is 0 Å². The van der Waals surface area contributed by atoms with Gasteiger partial charge in [0.1, 0.15) is 0 Å². The molecular formula is C14H14N4OS. The summed E-state index contributed by atoms with van der Waals surface area (Å²) in [7, 11) is 0. The molecule has 0 fully saturated rings. The first kappa shape index (κ1) is 12.8. The Hall–Kier alpha value is -2.21. The number of benzene rings is 1. The number of rotatable bonds is 3. The Morgan fingerprint density at radius 1 is 1.25 bits per heavy atom. The van der Waals surface area contributed by atoms with E-state index in [1.165, 1.54) is 17.4 Å². The van der Waals surface area contributed by atoms with Gasteiger partial charge in [0.25, 0.3) is 5.56 Å². The summed E-state index contributed by atoms with van der Waals surface area (Å²) in [5.74, 6) is 0.633. The Kier molecular flexibility index (Phi) is 3.23. The lowest BCUT2D eigenvalue weighted by Gasteiger charge is -2.06. The SMILES string of the molecule is CC(C)c1cc(=O)[nH]c(Nc2nc3ccccc3s2)n1. The maximum atomic E-state index is 11.6. The highest BCUT2D eigenvalue weighted by Gasteiger charge is 2.08. The molecule has 2 aromatic heterocycles. The molecule has 0 amide bonds. The van der Waals surface area contributed by atoms with Gasteiger partial charge in [-0.3, -0.25) is 9.78 Å². The molecule has 0 atom stereocenters. The Labute approximate surface area is 119 Å². The lowest BCUT2D eigenvalue weighted by Crippen LogP contribution is -2.12. The minimum atomic E-state index is -0.160. The highest BCUT2D eigenvalue weighted by atomic mass is 32.1. The molecule has 0 radical (unpaired) electrons. The Morgan fingerprint density at radius 2 is 2.05 bits per heavy atom. The number of H-pyrrole nitrogens is 1. The van der Waals surface area contributed by atoms with Gasteiger partial charge in [-0.15, -0.1) is 0 Å². The van der Waals surface area contributed by atoms with Crippen LogP contribution >= 0.6 is 11.3 Å². The summed E-state index contributed by atoms with van der Waals surface area (Å²) in [6.45, 7) is 4.01. The van der Waals surface area contributed by atoms with Gasteiger partial charge >= 0.3 is 0 Å². The van der Waals surface area contributed by atoms with Gasteiger partial charge in [0, 0.05) is 6.07 Å². The minimum absolute atomic E-state index is 0.160. The van der Waals surface area contributed by atoms with Crippen LogP contribution in [0.1, 0.15) is 25.5 Å². The molecule has 0 unspecified atom stereocenters. The predicted octanol–water partition coefficient (Wildman–Crippen LogP) is 3.25. The van der Waals surface area contributed by atoms with E-state index in [4.69, 9.17) is 0 Å². The highest BCUT2D eigenvalue weighted by molar-refractivity contribution is 7.22. The van der Waals surface area contributed by atoms with Crippen molar-refractivity contribution in [1.82, 2.24) is 15.0 Å². The quantitative estimate of drug-likeness (QED) is 0.775. The molecule has 102 valence electrons. The third-order valence-electron chi connectivity index (χ3n) is 2.87. The first-order valence-electron chi connectivity index (χ1n) is 6.35. The fraction of sp³-hybridized carbons (Fsp3) is 0.214. The lowest BCUT2D eigenvalue weighted by molar-refractivity contribution is 0.812. The number of aromatic amines is 1. The number of nitrogens with one attached hydrogen (secondary N) is 2. The number of fused-ring (bicyclic) bond motifs is 1. The fourth-order valence-electron chi connectivity index (χ4n) is 1.86. The Balaban J connectivity index is 1.96. The van der Waals surface area contributed by atoms with Crippen LogP contribution in [0.25, 0.3) is 10.2 Å². The van der Waals surface area contributed by atoms with Gasteiger partial charge in [0.2, 0.25) is 5.95 Å². The molecule has 0 aliphatic heterocycles. The van der Waals surface area contributed by atoms with Gasteiger partial charge in [0.15, 0.2) is 5.13 Å². The number of hydrogen-bond acceptors (Lipinski definition) is 5. The Bertz CT molecular complexity index is 773. The highest BCUT2D eigenvalue weighted by Crippen LogP contribution is 2.26. The predicted molar refractivity (Wildman–Crippen MR) is 81.8 cm³/mol. The molecule has 0 aliphatic carbocycles. The topological polar surface area (TPSA) is 70.7 Å². The molecule has 0 saturated heterocycles. The van der Waals surface area contributed by atoms with E-state index >= 15 is 0 Å². The zero-order chi connectivity index (χ0) is 14.1. The van der Waals surface area contributed by atoms with Crippen molar-refractivity contribution in [2.75, 3.05) is 5.32 Å². The maximum Gasteiger partial charge on any atom is 0.252 e. The molecule has 5 nitrogen and oxygen atoms in total. The van der Waals surface area contributed by atoms with Crippen molar-refractivity contribution in [2.45, 2.75) is 19.8 Å². The van der Waals surface area contributed by atoms with Crippen molar-refractivity contribution < 1.29 is 0 Å². The molecule has 1 aromatic carbocycles. The van der Waals surface area contributed by atoms with E-state index in [-0.39, 0.29) is 11.5 Å². The lowest BCUT2D eigenvalue weighted by atomic mass is 10.1. The van der Waals surface area contributed by atoms with Crippen LogP contribution in [0.5, 0.6) is 0 Å². The van der Waals surface area contributed by atoms with Crippen LogP contribution in [0.4, 0.5) is 11.1 Å². The average molecular weight is 286 g/mol.